The summed E-state index contributed by atoms with van der Waals surface area (Å²) in [4.78, 5) is 4.36. The van der Waals surface area contributed by atoms with Crippen molar-refractivity contribution in [3.63, 3.8) is 0 Å². The highest BCUT2D eigenvalue weighted by atomic mass is 16.5. The van der Waals surface area contributed by atoms with Gasteiger partial charge in [-0.05, 0) is 19.4 Å². The van der Waals surface area contributed by atoms with Crippen LogP contribution in [0.1, 0.15) is 32.1 Å². The van der Waals surface area contributed by atoms with Crippen LogP contribution in [0.15, 0.2) is 4.99 Å². The summed E-state index contributed by atoms with van der Waals surface area (Å²) in [7, 11) is 0. The van der Waals surface area contributed by atoms with Gasteiger partial charge in [0.25, 0.3) is 0 Å². The number of ether oxygens (including phenoxy) is 1. The molecule has 1 fully saturated rings. The largest absolute Gasteiger partial charge is 0.478 e. The Morgan fingerprint density at radius 1 is 1.23 bits per heavy atom. The van der Waals surface area contributed by atoms with Crippen molar-refractivity contribution in [3.8, 4) is 0 Å². The van der Waals surface area contributed by atoms with Crippen LogP contribution in [0, 0.1) is 0 Å². The lowest BCUT2D eigenvalue weighted by Gasteiger charge is -2.20. The molecule has 3 heteroatoms. The lowest BCUT2D eigenvalue weighted by molar-refractivity contribution is 0.316. The molecule has 2 aliphatic rings. The Bertz CT molecular complexity index is 183. The molecule has 0 aromatic rings. The van der Waals surface area contributed by atoms with Gasteiger partial charge in [-0.3, -0.25) is 4.99 Å². The second-order valence-corrected chi connectivity index (χ2v) is 3.78. The van der Waals surface area contributed by atoms with E-state index < -0.39 is 0 Å². The van der Waals surface area contributed by atoms with Gasteiger partial charge in [0.15, 0.2) is 0 Å². The number of aliphatic imine (C=N–C) groups is 1. The van der Waals surface area contributed by atoms with Crippen molar-refractivity contribution in [2.24, 2.45) is 4.99 Å². The molecule has 0 amide bonds. The Labute approximate surface area is 79.6 Å². The maximum absolute atomic E-state index is 5.48. The summed E-state index contributed by atoms with van der Waals surface area (Å²) >= 11 is 0. The van der Waals surface area contributed by atoms with Crippen molar-refractivity contribution in [2.45, 2.75) is 38.1 Å². The molecule has 2 aliphatic heterocycles. The molecule has 1 atom stereocenters. The van der Waals surface area contributed by atoms with Gasteiger partial charge in [0.1, 0.15) is 6.61 Å². The second kappa shape index (κ2) is 4.61. The first kappa shape index (κ1) is 9.00. The van der Waals surface area contributed by atoms with Crippen LogP contribution in [0.4, 0.5) is 0 Å². The molecular weight excluding hydrogens is 164 g/mol. The molecule has 0 aromatic carbocycles. The second-order valence-electron chi connectivity index (χ2n) is 3.78. The van der Waals surface area contributed by atoms with Crippen molar-refractivity contribution < 1.29 is 4.74 Å². The summed E-state index contributed by atoms with van der Waals surface area (Å²) in [6.45, 7) is 2.76. The molecule has 0 spiro atoms. The first-order valence-electron chi connectivity index (χ1n) is 5.37. The van der Waals surface area contributed by atoms with Crippen LogP contribution >= 0.6 is 0 Å². The molecule has 0 bridgehead atoms. The zero-order valence-electron chi connectivity index (χ0n) is 8.09. The summed E-state index contributed by atoms with van der Waals surface area (Å²) in [5, 5.41) is 3.51. The van der Waals surface area contributed by atoms with Gasteiger partial charge in [-0.25, -0.2) is 0 Å². The van der Waals surface area contributed by atoms with E-state index >= 15 is 0 Å². The minimum Gasteiger partial charge on any atom is -0.478 e. The predicted molar refractivity (Wildman–Crippen MR) is 53.1 cm³/mol. The summed E-state index contributed by atoms with van der Waals surface area (Å²) in [6.07, 6.45) is 6.53. The number of nitrogens with zero attached hydrogens (tertiary/aromatic N) is 1. The van der Waals surface area contributed by atoms with Gasteiger partial charge in [-0.15, -0.1) is 0 Å². The van der Waals surface area contributed by atoms with Crippen LogP contribution in [0.5, 0.6) is 0 Å². The molecule has 0 saturated carbocycles. The minimum atomic E-state index is 0.405. The molecule has 3 nitrogen and oxygen atoms in total. The average Bonchev–Trinajstić information content (AvgIpc) is 2.55. The summed E-state index contributed by atoms with van der Waals surface area (Å²) in [5.74, 6) is 0.960. The average molecular weight is 182 g/mol. The fourth-order valence-corrected chi connectivity index (χ4v) is 1.98. The van der Waals surface area contributed by atoms with E-state index in [9.17, 15) is 0 Å². The fourth-order valence-electron chi connectivity index (χ4n) is 1.98. The number of hydrogen-bond donors (Lipinski definition) is 1. The quantitative estimate of drug-likeness (QED) is 0.664. The monoisotopic (exact) mass is 182 g/mol. The fraction of sp³-hybridized carbons (Fsp3) is 0.900. The van der Waals surface area contributed by atoms with Crippen LogP contribution in [-0.4, -0.2) is 31.6 Å². The Balaban J connectivity index is 1.87. The highest BCUT2D eigenvalue weighted by Crippen LogP contribution is 2.12. The van der Waals surface area contributed by atoms with E-state index in [1.807, 2.05) is 0 Å². The third-order valence-electron chi connectivity index (χ3n) is 2.72. The zero-order chi connectivity index (χ0) is 8.93. The van der Waals surface area contributed by atoms with Gasteiger partial charge in [0, 0.05) is 0 Å². The van der Waals surface area contributed by atoms with Crippen molar-refractivity contribution in [3.05, 3.63) is 0 Å². The van der Waals surface area contributed by atoms with Crippen molar-refractivity contribution in [2.75, 3.05) is 19.7 Å². The van der Waals surface area contributed by atoms with E-state index in [1.165, 1.54) is 32.1 Å². The van der Waals surface area contributed by atoms with Crippen molar-refractivity contribution in [1.82, 2.24) is 5.32 Å². The topological polar surface area (TPSA) is 33.6 Å². The third kappa shape index (κ3) is 2.44. The summed E-state index contributed by atoms with van der Waals surface area (Å²) in [6, 6.07) is 0.405. The maximum Gasteiger partial charge on any atom is 0.201 e. The SMILES string of the molecule is C1CCCC(C2=NCCO2)NCC1. The molecule has 0 aliphatic carbocycles. The van der Waals surface area contributed by atoms with E-state index in [4.69, 9.17) is 4.74 Å². The molecule has 1 N–H and O–H groups in total. The molecule has 2 heterocycles. The summed E-state index contributed by atoms with van der Waals surface area (Å²) in [5.41, 5.74) is 0. The Hall–Kier alpha value is -0.570. The van der Waals surface area contributed by atoms with E-state index in [0.29, 0.717) is 6.04 Å². The molecule has 2 rings (SSSR count). The first-order chi connectivity index (χ1) is 6.47. The highest BCUT2D eigenvalue weighted by Gasteiger charge is 2.20. The van der Waals surface area contributed by atoms with Gasteiger partial charge in [0.05, 0.1) is 12.6 Å². The van der Waals surface area contributed by atoms with Crippen LogP contribution in [0.3, 0.4) is 0 Å². The Kier molecular flexibility index (Phi) is 3.19. The molecular formula is C10H18N2O. The molecule has 1 unspecified atom stereocenters. The molecule has 13 heavy (non-hydrogen) atoms. The van der Waals surface area contributed by atoms with Gasteiger partial charge in [-0.1, -0.05) is 19.3 Å². The van der Waals surface area contributed by atoms with Crippen LogP contribution in [-0.2, 0) is 4.74 Å². The number of rotatable bonds is 1. The van der Waals surface area contributed by atoms with Crippen LogP contribution < -0.4 is 5.32 Å². The smallest absolute Gasteiger partial charge is 0.201 e. The third-order valence-corrected chi connectivity index (χ3v) is 2.72. The minimum absolute atomic E-state index is 0.405. The maximum atomic E-state index is 5.48. The highest BCUT2D eigenvalue weighted by molar-refractivity contribution is 5.82. The van der Waals surface area contributed by atoms with Gasteiger partial charge >= 0.3 is 0 Å². The number of hydrogen-bond acceptors (Lipinski definition) is 3. The zero-order valence-corrected chi connectivity index (χ0v) is 8.09. The Morgan fingerprint density at radius 3 is 3.00 bits per heavy atom. The van der Waals surface area contributed by atoms with E-state index in [2.05, 4.69) is 10.3 Å². The summed E-state index contributed by atoms with van der Waals surface area (Å²) < 4.78 is 5.48. The predicted octanol–water partition coefficient (Wildman–Crippen LogP) is 1.34. The normalized spacial score (nSPS) is 30.2. The van der Waals surface area contributed by atoms with Gasteiger partial charge in [0.2, 0.25) is 5.90 Å². The molecule has 0 aromatic heterocycles. The molecule has 1 saturated heterocycles. The van der Waals surface area contributed by atoms with Gasteiger partial charge < -0.3 is 10.1 Å². The van der Waals surface area contributed by atoms with Crippen LogP contribution in [0.25, 0.3) is 0 Å². The van der Waals surface area contributed by atoms with Gasteiger partial charge in [-0.2, -0.15) is 0 Å². The van der Waals surface area contributed by atoms with E-state index in [0.717, 1.165) is 25.6 Å². The first-order valence-corrected chi connectivity index (χ1v) is 5.37. The van der Waals surface area contributed by atoms with Crippen LogP contribution in [0.2, 0.25) is 0 Å². The molecule has 0 radical (unpaired) electrons. The standard InChI is InChI=1S/C10H18N2O/c1-2-4-6-11-9(5-3-1)10-12-7-8-13-10/h9,11H,1-8H2. The van der Waals surface area contributed by atoms with Crippen molar-refractivity contribution in [1.29, 1.82) is 0 Å². The van der Waals surface area contributed by atoms with Crippen molar-refractivity contribution >= 4 is 5.90 Å². The van der Waals surface area contributed by atoms with E-state index in [-0.39, 0.29) is 0 Å². The molecule has 74 valence electrons. The van der Waals surface area contributed by atoms with E-state index in [1.54, 1.807) is 0 Å². The number of nitrogens with one attached hydrogen (secondary N) is 1. The Morgan fingerprint density at radius 2 is 2.15 bits per heavy atom. The lowest BCUT2D eigenvalue weighted by atomic mass is 10.0. The lowest BCUT2D eigenvalue weighted by Crippen LogP contribution is -2.38.